The summed E-state index contributed by atoms with van der Waals surface area (Å²) in [4.78, 5) is 4.12. The summed E-state index contributed by atoms with van der Waals surface area (Å²) in [6, 6.07) is 2.81. The molecule has 0 aromatic heterocycles. The van der Waals surface area contributed by atoms with Crippen LogP contribution in [0, 0.1) is 5.82 Å². The number of thioether (sulfide) groups is 1. The third-order valence-corrected chi connectivity index (χ3v) is 3.33. The van der Waals surface area contributed by atoms with Crippen LogP contribution in [0.2, 0.25) is 0 Å². The first kappa shape index (κ1) is 13.2. The van der Waals surface area contributed by atoms with Gasteiger partial charge in [0.2, 0.25) is 0 Å². The normalized spacial score (nSPS) is 19.8. The van der Waals surface area contributed by atoms with Crippen molar-refractivity contribution in [3.8, 4) is 0 Å². The molecule has 98 valence electrons. The number of amidine groups is 1. The molecule has 1 heterocycles. The lowest BCUT2D eigenvalue weighted by Crippen LogP contribution is -2.11. The highest BCUT2D eigenvalue weighted by atomic mass is 32.2. The molecule has 1 aliphatic heterocycles. The zero-order valence-corrected chi connectivity index (χ0v) is 10.2. The molecule has 0 aliphatic carbocycles. The number of alkyl halides is 3. The number of anilines is 1. The first-order valence-electron chi connectivity index (χ1n) is 5.21. The van der Waals surface area contributed by atoms with Crippen molar-refractivity contribution in [3.63, 3.8) is 0 Å². The Morgan fingerprint density at radius 2 is 2.11 bits per heavy atom. The Morgan fingerprint density at radius 1 is 1.39 bits per heavy atom. The average molecular weight is 278 g/mol. The summed E-state index contributed by atoms with van der Waals surface area (Å²) >= 11 is 1.44. The van der Waals surface area contributed by atoms with Crippen molar-refractivity contribution in [1.82, 2.24) is 0 Å². The maximum Gasteiger partial charge on any atom is 0.419 e. The minimum atomic E-state index is -4.69. The largest absolute Gasteiger partial charge is 0.419 e. The number of aliphatic imine (C=N–C) groups is 1. The van der Waals surface area contributed by atoms with Crippen LogP contribution < -0.4 is 5.32 Å². The van der Waals surface area contributed by atoms with Crippen LogP contribution in [0.25, 0.3) is 0 Å². The van der Waals surface area contributed by atoms with Gasteiger partial charge in [0.05, 0.1) is 12.1 Å². The number of nitrogens with zero attached hydrogens (tertiary/aromatic N) is 1. The summed E-state index contributed by atoms with van der Waals surface area (Å²) in [6.07, 6.45) is -4.69. The van der Waals surface area contributed by atoms with E-state index < -0.39 is 17.6 Å². The monoisotopic (exact) mass is 278 g/mol. The fraction of sp³-hybridized carbons (Fsp3) is 0.364. The standard InChI is InChI=1S/C11H10F4N2S/c1-6-5-16-10(18-6)17-7-2-3-9(12)8(4-7)11(13,14)15/h2-4,6H,5H2,1H3,(H,16,17). The molecule has 7 heteroatoms. The van der Waals surface area contributed by atoms with E-state index in [0.717, 1.165) is 12.1 Å². The number of halogens is 4. The molecule has 0 spiro atoms. The third-order valence-electron chi connectivity index (χ3n) is 2.33. The molecular weight excluding hydrogens is 268 g/mol. The lowest BCUT2D eigenvalue weighted by atomic mass is 10.2. The Hall–Kier alpha value is -1.24. The van der Waals surface area contributed by atoms with Gasteiger partial charge in [-0.25, -0.2) is 4.39 Å². The minimum Gasteiger partial charge on any atom is -0.335 e. The molecular formula is C11H10F4N2S. The van der Waals surface area contributed by atoms with Crippen molar-refractivity contribution < 1.29 is 17.6 Å². The van der Waals surface area contributed by atoms with Gasteiger partial charge in [-0.3, -0.25) is 4.99 Å². The molecule has 1 N–H and O–H groups in total. The fourth-order valence-corrected chi connectivity index (χ4v) is 2.35. The van der Waals surface area contributed by atoms with Gasteiger partial charge < -0.3 is 5.32 Å². The zero-order valence-electron chi connectivity index (χ0n) is 9.38. The Kier molecular flexibility index (Phi) is 3.52. The molecule has 0 bridgehead atoms. The average Bonchev–Trinajstić information content (AvgIpc) is 2.65. The zero-order chi connectivity index (χ0) is 13.3. The molecule has 18 heavy (non-hydrogen) atoms. The molecule has 0 fully saturated rings. The molecule has 2 rings (SSSR count). The van der Waals surface area contributed by atoms with Gasteiger partial charge in [0.25, 0.3) is 0 Å². The van der Waals surface area contributed by atoms with Crippen molar-refractivity contribution in [3.05, 3.63) is 29.6 Å². The van der Waals surface area contributed by atoms with E-state index in [4.69, 9.17) is 0 Å². The second-order valence-electron chi connectivity index (χ2n) is 3.89. The van der Waals surface area contributed by atoms with E-state index >= 15 is 0 Å². The first-order chi connectivity index (χ1) is 8.36. The van der Waals surface area contributed by atoms with Crippen molar-refractivity contribution in [2.24, 2.45) is 4.99 Å². The van der Waals surface area contributed by atoms with E-state index in [2.05, 4.69) is 10.3 Å². The van der Waals surface area contributed by atoms with Crippen LogP contribution in [0.15, 0.2) is 23.2 Å². The highest BCUT2D eigenvalue weighted by Gasteiger charge is 2.34. The van der Waals surface area contributed by atoms with Crippen LogP contribution in [0.1, 0.15) is 12.5 Å². The number of hydrogen-bond donors (Lipinski definition) is 1. The second-order valence-corrected chi connectivity index (χ2v) is 5.32. The molecule has 1 aromatic carbocycles. The molecule has 0 saturated heterocycles. The molecule has 1 unspecified atom stereocenters. The molecule has 1 aliphatic rings. The van der Waals surface area contributed by atoms with Crippen LogP contribution in [0.3, 0.4) is 0 Å². The van der Waals surface area contributed by atoms with Gasteiger partial charge in [-0.15, -0.1) is 0 Å². The quantitative estimate of drug-likeness (QED) is 0.791. The van der Waals surface area contributed by atoms with Crippen molar-refractivity contribution >= 4 is 22.6 Å². The SMILES string of the molecule is CC1CN=C(Nc2ccc(F)c(C(F)(F)F)c2)S1. The molecule has 0 amide bonds. The summed E-state index contributed by atoms with van der Waals surface area (Å²) in [5, 5.41) is 3.62. The van der Waals surface area contributed by atoms with E-state index in [0.29, 0.717) is 17.0 Å². The van der Waals surface area contributed by atoms with E-state index in [-0.39, 0.29) is 5.69 Å². The van der Waals surface area contributed by atoms with Crippen LogP contribution in [-0.4, -0.2) is 17.0 Å². The number of rotatable bonds is 1. The number of hydrogen-bond acceptors (Lipinski definition) is 3. The smallest absolute Gasteiger partial charge is 0.335 e. The first-order valence-corrected chi connectivity index (χ1v) is 6.09. The predicted molar refractivity (Wildman–Crippen MR) is 64.4 cm³/mol. The van der Waals surface area contributed by atoms with E-state index in [1.807, 2.05) is 6.92 Å². The van der Waals surface area contributed by atoms with Gasteiger partial charge in [-0.1, -0.05) is 18.7 Å². The molecule has 0 saturated carbocycles. The molecule has 0 radical (unpaired) electrons. The van der Waals surface area contributed by atoms with E-state index in [9.17, 15) is 17.6 Å². The van der Waals surface area contributed by atoms with Crippen molar-refractivity contribution in [2.75, 3.05) is 11.9 Å². The Balaban J connectivity index is 2.20. The van der Waals surface area contributed by atoms with Crippen LogP contribution in [0.5, 0.6) is 0 Å². The Bertz CT molecular complexity index is 484. The van der Waals surface area contributed by atoms with E-state index in [1.54, 1.807) is 0 Å². The maximum absolute atomic E-state index is 13.1. The summed E-state index contributed by atoms with van der Waals surface area (Å²) in [5.74, 6) is -1.28. The Labute approximate surface area is 105 Å². The van der Waals surface area contributed by atoms with Gasteiger partial charge in [-0.2, -0.15) is 13.2 Å². The van der Waals surface area contributed by atoms with Crippen LogP contribution >= 0.6 is 11.8 Å². The summed E-state index contributed by atoms with van der Waals surface area (Å²) < 4.78 is 50.6. The highest BCUT2D eigenvalue weighted by Crippen LogP contribution is 2.33. The number of benzene rings is 1. The predicted octanol–water partition coefficient (Wildman–Crippen LogP) is 3.75. The minimum absolute atomic E-state index is 0.184. The Morgan fingerprint density at radius 3 is 2.67 bits per heavy atom. The van der Waals surface area contributed by atoms with Gasteiger partial charge in [0, 0.05) is 10.9 Å². The molecule has 2 nitrogen and oxygen atoms in total. The lowest BCUT2D eigenvalue weighted by Gasteiger charge is -2.11. The van der Waals surface area contributed by atoms with Gasteiger partial charge in [0.1, 0.15) is 5.82 Å². The fourth-order valence-electron chi connectivity index (χ4n) is 1.49. The summed E-state index contributed by atoms with van der Waals surface area (Å²) in [6.45, 7) is 2.59. The second kappa shape index (κ2) is 4.79. The number of nitrogens with one attached hydrogen (secondary N) is 1. The van der Waals surface area contributed by atoms with E-state index in [1.165, 1.54) is 17.8 Å². The third kappa shape index (κ3) is 2.95. The molecule has 1 aromatic rings. The van der Waals surface area contributed by atoms with Crippen LogP contribution in [0.4, 0.5) is 23.2 Å². The van der Waals surface area contributed by atoms with Gasteiger partial charge in [-0.05, 0) is 18.2 Å². The molecule has 1 atom stereocenters. The topological polar surface area (TPSA) is 24.4 Å². The van der Waals surface area contributed by atoms with Crippen molar-refractivity contribution in [1.29, 1.82) is 0 Å². The lowest BCUT2D eigenvalue weighted by molar-refractivity contribution is -0.139. The van der Waals surface area contributed by atoms with Crippen molar-refractivity contribution in [2.45, 2.75) is 18.3 Å². The highest BCUT2D eigenvalue weighted by molar-refractivity contribution is 8.15. The van der Waals surface area contributed by atoms with Crippen LogP contribution in [-0.2, 0) is 6.18 Å². The van der Waals surface area contributed by atoms with Gasteiger partial charge >= 0.3 is 6.18 Å². The summed E-state index contributed by atoms with van der Waals surface area (Å²) in [7, 11) is 0. The maximum atomic E-state index is 13.1. The summed E-state index contributed by atoms with van der Waals surface area (Å²) in [5.41, 5.74) is -1.09. The van der Waals surface area contributed by atoms with Gasteiger partial charge in [0.15, 0.2) is 5.17 Å².